The van der Waals surface area contributed by atoms with Gasteiger partial charge in [-0.25, -0.2) is 4.98 Å². The molecular formula is C23H22N4O2S2. The topological polar surface area (TPSA) is 66.7 Å². The molecule has 158 valence electrons. The van der Waals surface area contributed by atoms with Gasteiger partial charge in [-0.05, 0) is 44.0 Å². The Morgan fingerprint density at radius 1 is 1.13 bits per heavy atom. The van der Waals surface area contributed by atoms with Crippen LogP contribution in [0.15, 0.2) is 64.4 Å². The van der Waals surface area contributed by atoms with Gasteiger partial charge in [0.2, 0.25) is 0 Å². The highest BCUT2D eigenvalue weighted by molar-refractivity contribution is 8.26. The van der Waals surface area contributed by atoms with E-state index in [9.17, 15) is 9.59 Å². The minimum Gasteiger partial charge on any atom is -0.369 e. The van der Waals surface area contributed by atoms with E-state index in [-0.39, 0.29) is 17.5 Å². The van der Waals surface area contributed by atoms with E-state index in [1.54, 1.807) is 29.3 Å². The Kier molecular flexibility index (Phi) is 6.20. The number of thioether (sulfide) groups is 1. The van der Waals surface area contributed by atoms with E-state index in [2.05, 4.69) is 22.4 Å². The van der Waals surface area contributed by atoms with Crippen LogP contribution in [0.1, 0.15) is 25.0 Å². The average molecular weight is 451 g/mol. The van der Waals surface area contributed by atoms with Crippen molar-refractivity contribution in [1.29, 1.82) is 0 Å². The minimum absolute atomic E-state index is 0.0438. The maximum absolute atomic E-state index is 13.2. The number of pyridine rings is 1. The highest BCUT2D eigenvalue weighted by Crippen LogP contribution is 2.34. The average Bonchev–Trinajstić information content (AvgIpc) is 3.04. The summed E-state index contributed by atoms with van der Waals surface area (Å²) in [5.41, 5.74) is 1.84. The van der Waals surface area contributed by atoms with E-state index in [1.165, 1.54) is 21.7 Å². The highest BCUT2D eigenvalue weighted by atomic mass is 32.2. The third-order valence-electron chi connectivity index (χ3n) is 4.93. The molecule has 2 aromatic heterocycles. The number of amides is 1. The molecule has 0 atom stereocenters. The van der Waals surface area contributed by atoms with Gasteiger partial charge in [0.15, 0.2) is 0 Å². The number of benzene rings is 1. The van der Waals surface area contributed by atoms with Crippen LogP contribution >= 0.6 is 24.0 Å². The van der Waals surface area contributed by atoms with Crippen molar-refractivity contribution in [2.45, 2.75) is 26.3 Å². The van der Waals surface area contributed by atoms with Gasteiger partial charge in [0.1, 0.15) is 15.8 Å². The van der Waals surface area contributed by atoms with Crippen molar-refractivity contribution < 1.29 is 4.79 Å². The van der Waals surface area contributed by atoms with E-state index in [1.807, 2.05) is 38.1 Å². The molecule has 1 amide bonds. The van der Waals surface area contributed by atoms with Gasteiger partial charge in [-0.15, -0.1) is 0 Å². The van der Waals surface area contributed by atoms with Crippen molar-refractivity contribution in [3.05, 3.63) is 81.1 Å². The van der Waals surface area contributed by atoms with Crippen molar-refractivity contribution in [3.8, 4) is 0 Å². The summed E-state index contributed by atoms with van der Waals surface area (Å²) in [6, 6.07) is 15.4. The number of carbonyl (C=O) groups excluding carboxylic acids is 1. The Morgan fingerprint density at radius 3 is 2.58 bits per heavy atom. The zero-order chi connectivity index (χ0) is 22.0. The van der Waals surface area contributed by atoms with Gasteiger partial charge in [0.05, 0.1) is 10.5 Å². The molecule has 1 fully saturated rings. The van der Waals surface area contributed by atoms with Crippen LogP contribution in [0, 0.1) is 0 Å². The number of nitrogens with zero attached hydrogens (tertiary/aromatic N) is 3. The number of rotatable bonds is 6. The van der Waals surface area contributed by atoms with Crippen LogP contribution in [0.2, 0.25) is 0 Å². The lowest BCUT2D eigenvalue weighted by Gasteiger charge is -2.18. The Morgan fingerprint density at radius 2 is 1.87 bits per heavy atom. The Bertz CT molecular complexity index is 1240. The van der Waals surface area contributed by atoms with Crippen molar-refractivity contribution >= 4 is 51.7 Å². The molecule has 1 aliphatic heterocycles. The molecule has 1 aliphatic rings. The highest BCUT2D eigenvalue weighted by Gasteiger charge is 2.34. The fraction of sp³-hybridized carbons (Fsp3) is 0.217. The summed E-state index contributed by atoms with van der Waals surface area (Å²) in [4.78, 5) is 32.7. The first-order valence-corrected chi connectivity index (χ1v) is 11.2. The van der Waals surface area contributed by atoms with Crippen LogP contribution in [0.3, 0.4) is 0 Å². The van der Waals surface area contributed by atoms with Crippen LogP contribution in [-0.4, -0.2) is 37.1 Å². The molecule has 1 aromatic carbocycles. The predicted molar refractivity (Wildman–Crippen MR) is 130 cm³/mol. The largest absolute Gasteiger partial charge is 0.369 e. The molecule has 1 saturated heterocycles. The van der Waals surface area contributed by atoms with Crippen molar-refractivity contribution in [1.82, 2.24) is 14.3 Å². The van der Waals surface area contributed by atoms with Gasteiger partial charge in [0, 0.05) is 18.8 Å². The fourth-order valence-corrected chi connectivity index (χ4v) is 4.90. The standard InChI is InChI=1S/C23H22N4O2S2/c1-15(2)27-22(29)18(31-23(27)30)14-17-20(24-12-11-16-8-4-3-5-9-16)25-19-10-6-7-13-26(19)21(17)28/h3-10,13-15,24H,11-12H2,1-2H3. The van der Waals surface area contributed by atoms with Crippen LogP contribution in [0.4, 0.5) is 5.82 Å². The van der Waals surface area contributed by atoms with Crippen molar-refractivity contribution in [2.75, 3.05) is 11.9 Å². The molecular weight excluding hydrogens is 428 g/mol. The summed E-state index contributed by atoms with van der Waals surface area (Å²) in [7, 11) is 0. The number of hydrogen-bond donors (Lipinski definition) is 1. The van der Waals surface area contributed by atoms with Crippen LogP contribution in [0.25, 0.3) is 11.7 Å². The summed E-state index contributed by atoms with van der Waals surface area (Å²) in [6.45, 7) is 4.43. The van der Waals surface area contributed by atoms with Gasteiger partial charge in [-0.1, -0.05) is 60.4 Å². The number of thiocarbonyl (C=S) groups is 1. The van der Waals surface area contributed by atoms with Gasteiger partial charge >= 0.3 is 0 Å². The quantitative estimate of drug-likeness (QED) is 0.453. The number of anilines is 1. The molecule has 0 bridgehead atoms. The van der Waals surface area contributed by atoms with Crippen molar-refractivity contribution in [2.24, 2.45) is 0 Å². The molecule has 0 aliphatic carbocycles. The zero-order valence-corrected chi connectivity index (χ0v) is 18.9. The summed E-state index contributed by atoms with van der Waals surface area (Å²) in [5.74, 6) is 0.278. The number of nitrogens with one attached hydrogen (secondary N) is 1. The second-order valence-electron chi connectivity index (χ2n) is 7.42. The minimum atomic E-state index is -0.234. The molecule has 1 N–H and O–H groups in total. The first-order valence-electron chi connectivity index (χ1n) is 10.0. The predicted octanol–water partition coefficient (Wildman–Crippen LogP) is 3.96. The van der Waals surface area contributed by atoms with E-state index < -0.39 is 0 Å². The first-order chi connectivity index (χ1) is 15.0. The molecule has 3 heterocycles. The Labute approximate surface area is 190 Å². The summed E-state index contributed by atoms with van der Waals surface area (Å²) in [6.07, 6.45) is 4.07. The van der Waals surface area contributed by atoms with Crippen LogP contribution in [-0.2, 0) is 11.2 Å². The lowest BCUT2D eigenvalue weighted by molar-refractivity contribution is -0.123. The maximum Gasteiger partial charge on any atom is 0.267 e. The normalized spacial score (nSPS) is 15.5. The molecule has 31 heavy (non-hydrogen) atoms. The molecule has 8 heteroatoms. The Hall–Kier alpha value is -2.97. The van der Waals surface area contributed by atoms with Crippen LogP contribution < -0.4 is 10.9 Å². The molecule has 0 unspecified atom stereocenters. The van der Waals surface area contributed by atoms with E-state index in [0.29, 0.717) is 32.8 Å². The third kappa shape index (κ3) is 4.40. The molecule has 0 spiro atoms. The van der Waals surface area contributed by atoms with Crippen molar-refractivity contribution in [3.63, 3.8) is 0 Å². The second-order valence-corrected chi connectivity index (χ2v) is 9.09. The Balaban J connectivity index is 1.72. The van der Waals surface area contributed by atoms with Crippen LogP contribution in [0.5, 0.6) is 0 Å². The third-order valence-corrected chi connectivity index (χ3v) is 6.26. The molecule has 0 radical (unpaired) electrons. The first kappa shape index (κ1) is 21.3. The molecule has 3 aromatic rings. The lowest BCUT2D eigenvalue weighted by atomic mass is 10.1. The van der Waals surface area contributed by atoms with Gasteiger partial charge in [-0.2, -0.15) is 0 Å². The lowest BCUT2D eigenvalue weighted by Crippen LogP contribution is -2.34. The van der Waals surface area contributed by atoms with E-state index >= 15 is 0 Å². The number of aromatic nitrogens is 2. The molecule has 0 saturated carbocycles. The summed E-state index contributed by atoms with van der Waals surface area (Å²) >= 11 is 6.58. The summed E-state index contributed by atoms with van der Waals surface area (Å²) in [5, 5.41) is 3.29. The number of carbonyl (C=O) groups is 1. The van der Waals surface area contributed by atoms with Gasteiger partial charge in [0.25, 0.3) is 11.5 Å². The fourth-order valence-electron chi connectivity index (χ4n) is 3.39. The second kappa shape index (κ2) is 9.03. The smallest absolute Gasteiger partial charge is 0.267 e. The number of fused-ring (bicyclic) bond motifs is 1. The molecule has 6 nitrogen and oxygen atoms in total. The zero-order valence-electron chi connectivity index (χ0n) is 17.2. The van der Waals surface area contributed by atoms with Gasteiger partial charge in [-0.3, -0.25) is 18.9 Å². The maximum atomic E-state index is 13.2. The van der Waals surface area contributed by atoms with E-state index in [0.717, 1.165) is 6.42 Å². The van der Waals surface area contributed by atoms with E-state index in [4.69, 9.17) is 12.2 Å². The SMILES string of the molecule is CC(C)N1C(=O)C(=Cc2c(NCCc3ccccc3)nc3ccccn3c2=O)SC1=S. The molecule has 4 rings (SSSR count). The number of hydrogen-bond acceptors (Lipinski definition) is 6. The van der Waals surface area contributed by atoms with Gasteiger partial charge < -0.3 is 5.32 Å². The monoisotopic (exact) mass is 450 g/mol. The summed E-state index contributed by atoms with van der Waals surface area (Å²) < 4.78 is 1.98.